The Morgan fingerprint density at radius 2 is 0.929 bits per heavy atom. The molecule has 11 aromatic rings. The Morgan fingerprint density at radius 1 is 0.393 bits per heavy atom. The summed E-state index contributed by atoms with van der Waals surface area (Å²) in [5, 5.41) is 3.09. The van der Waals surface area contributed by atoms with Gasteiger partial charge in [0.1, 0.15) is 11.2 Å². The summed E-state index contributed by atoms with van der Waals surface area (Å²) < 4.78 is 8.87. The van der Waals surface area contributed by atoms with Crippen molar-refractivity contribution in [2.45, 2.75) is 0 Å². The summed E-state index contributed by atoms with van der Waals surface area (Å²) in [6, 6.07) is 62.4. The first-order valence-corrected chi connectivity index (χ1v) is 19.4. The third-order valence-electron chi connectivity index (χ3n) is 10.4. The van der Waals surface area contributed by atoms with Crippen molar-refractivity contribution >= 4 is 53.6 Å². The van der Waals surface area contributed by atoms with Crippen LogP contribution in [0.5, 0.6) is 0 Å². The second-order valence-electron chi connectivity index (χ2n) is 13.8. The van der Waals surface area contributed by atoms with Gasteiger partial charge in [0.15, 0.2) is 11.6 Å². The van der Waals surface area contributed by atoms with Crippen LogP contribution in [0.25, 0.3) is 110 Å². The first-order valence-electron chi connectivity index (χ1n) is 18.6. The van der Waals surface area contributed by atoms with Crippen LogP contribution in [0.4, 0.5) is 0 Å². The van der Waals surface area contributed by atoms with Gasteiger partial charge in [-0.05, 0) is 35.4 Å². The number of benzene rings is 7. The van der Waals surface area contributed by atoms with Crippen LogP contribution in [0.2, 0.25) is 0 Å². The molecule has 0 saturated carbocycles. The van der Waals surface area contributed by atoms with Crippen molar-refractivity contribution in [1.29, 1.82) is 0 Å². The maximum Gasteiger partial charge on any atom is 0.160 e. The molecule has 0 aliphatic carbocycles. The third-order valence-corrected chi connectivity index (χ3v) is 11.5. The van der Waals surface area contributed by atoms with E-state index in [2.05, 4.69) is 121 Å². The molecule has 0 radical (unpaired) electrons. The number of hydrogen-bond donors (Lipinski definition) is 0. The second-order valence-corrected chi connectivity index (χ2v) is 14.8. The number of hydrogen-bond acceptors (Lipinski definition) is 6. The van der Waals surface area contributed by atoms with Gasteiger partial charge in [0.25, 0.3) is 0 Å². The van der Waals surface area contributed by atoms with Gasteiger partial charge in [0, 0.05) is 48.7 Å². The van der Waals surface area contributed by atoms with Gasteiger partial charge in [-0.15, -0.1) is 11.3 Å². The fraction of sp³-hybridized carbons (Fsp3) is 0. The molecule has 7 aromatic carbocycles. The topological polar surface area (TPSA) is 64.7 Å². The van der Waals surface area contributed by atoms with Gasteiger partial charge in [-0.25, -0.2) is 19.9 Å². The molecule has 56 heavy (non-hydrogen) atoms. The highest BCUT2D eigenvalue weighted by molar-refractivity contribution is 7.26. The zero-order valence-corrected chi connectivity index (χ0v) is 30.7. The van der Waals surface area contributed by atoms with E-state index in [0.29, 0.717) is 11.6 Å². The molecule has 6 heteroatoms. The van der Waals surface area contributed by atoms with E-state index in [0.717, 1.165) is 88.0 Å². The summed E-state index contributed by atoms with van der Waals surface area (Å²) in [4.78, 5) is 21.0. The normalized spacial score (nSPS) is 11.6. The number of fused-ring (bicyclic) bond motifs is 6. The molecule has 0 fully saturated rings. The van der Waals surface area contributed by atoms with Crippen LogP contribution in [0.1, 0.15) is 0 Å². The van der Waals surface area contributed by atoms with Crippen molar-refractivity contribution in [1.82, 2.24) is 19.9 Å². The van der Waals surface area contributed by atoms with Gasteiger partial charge in [-0.2, -0.15) is 0 Å². The van der Waals surface area contributed by atoms with E-state index >= 15 is 0 Å². The Balaban J connectivity index is 1.16. The van der Waals surface area contributed by atoms with E-state index in [1.807, 2.05) is 60.7 Å². The highest BCUT2D eigenvalue weighted by Crippen LogP contribution is 2.45. The standard InChI is InChI=1S/C50H30N4OS/c1-4-14-31(15-5-1)32-26-28-35(29-27-32)50-53-46-37-20-10-11-25-43(37)56-48(46)47(54-50)38-22-13-24-42-45(38)44-36(21-12-23-41(44)55-42)40-30-39(33-16-6-2-7-17-33)51-49(52-40)34-18-8-3-9-19-34/h1-30H. The lowest BCUT2D eigenvalue weighted by Crippen LogP contribution is -1.96. The van der Waals surface area contributed by atoms with Crippen molar-refractivity contribution in [3.8, 4) is 67.7 Å². The molecule has 0 spiro atoms. The van der Waals surface area contributed by atoms with Crippen LogP contribution in [0.3, 0.4) is 0 Å². The number of furan rings is 1. The van der Waals surface area contributed by atoms with E-state index in [4.69, 9.17) is 24.4 Å². The fourth-order valence-electron chi connectivity index (χ4n) is 7.68. The summed E-state index contributed by atoms with van der Waals surface area (Å²) in [5.74, 6) is 1.34. The highest BCUT2D eigenvalue weighted by atomic mass is 32.1. The van der Waals surface area contributed by atoms with Gasteiger partial charge in [0.05, 0.1) is 27.3 Å². The second kappa shape index (κ2) is 13.2. The number of thiophene rings is 1. The van der Waals surface area contributed by atoms with Crippen molar-refractivity contribution in [3.05, 3.63) is 182 Å². The molecular weight excluding hydrogens is 705 g/mol. The van der Waals surface area contributed by atoms with E-state index in [9.17, 15) is 0 Å². The molecule has 0 bridgehead atoms. The van der Waals surface area contributed by atoms with E-state index < -0.39 is 0 Å². The van der Waals surface area contributed by atoms with E-state index in [1.54, 1.807) is 11.3 Å². The van der Waals surface area contributed by atoms with Crippen LogP contribution in [0, 0.1) is 0 Å². The molecule has 4 aromatic heterocycles. The minimum atomic E-state index is 0.665. The largest absolute Gasteiger partial charge is 0.456 e. The average Bonchev–Trinajstić information content (AvgIpc) is 3.86. The number of nitrogens with zero attached hydrogens (tertiary/aromatic N) is 4. The van der Waals surface area contributed by atoms with Crippen LogP contribution in [-0.4, -0.2) is 19.9 Å². The fourth-order valence-corrected chi connectivity index (χ4v) is 8.83. The third kappa shape index (κ3) is 5.46. The molecule has 5 nitrogen and oxygen atoms in total. The molecule has 0 aliphatic heterocycles. The summed E-state index contributed by atoms with van der Waals surface area (Å²) in [6.07, 6.45) is 0. The molecule has 262 valence electrons. The van der Waals surface area contributed by atoms with Crippen LogP contribution < -0.4 is 0 Å². The van der Waals surface area contributed by atoms with Crippen molar-refractivity contribution < 1.29 is 4.42 Å². The molecule has 0 N–H and O–H groups in total. The quantitative estimate of drug-likeness (QED) is 0.170. The minimum Gasteiger partial charge on any atom is -0.456 e. The Hall–Kier alpha value is -7.28. The first kappa shape index (κ1) is 32.2. The minimum absolute atomic E-state index is 0.665. The van der Waals surface area contributed by atoms with Crippen LogP contribution >= 0.6 is 11.3 Å². The summed E-state index contributed by atoms with van der Waals surface area (Å²) in [6.45, 7) is 0. The molecular formula is C50H30N4OS. The van der Waals surface area contributed by atoms with E-state index in [1.165, 1.54) is 10.3 Å². The van der Waals surface area contributed by atoms with Gasteiger partial charge in [-0.1, -0.05) is 158 Å². The molecule has 0 atom stereocenters. The van der Waals surface area contributed by atoms with Gasteiger partial charge in [0.2, 0.25) is 0 Å². The van der Waals surface area contributed by atoms with Gasteiger partial charge in [-0.3, -0.25) is 0 Å². The smallest absolute Gasteiger partial charge is 0.160 e. The predicted molar refractivity (Wildman–Crippen MR) is 230 cm³/mol. The summed E-state index contributed by atoms with van der Waals surface area (Å²) in [5.41, 5.74) is 12.2. The van der Waals surface area contributed by atoms with Gasteiger partial charge < -0.3 is 4.42 Å². The molecule has 4 heterocycles. The molecule has 0 aliphatic rings. The molecule has 11 rings (SSSR count). The molecule has 0 unspecified atom stereocenters. The molecule has 0 amide bonds. The Morgan fingerprint density at radius 3 is 1.66 bits per heavy atom. The van der Waals surface area contributed by atoms with Crippen LogP contribution in [-0.2, 0) is 0 Å². The van der Waals surface area contributed by atoms with Crippen molar-refractivity contribution in [3.63, 3.8) is 0 Å². The number of aromatic nitrogens is 4. The summed E-state index contributed by atoms with van der Waals surface area (Å²) in [7, 11) is 0. The first-order chi connectivity index (χ1) is 27.7. The highest BCUT2D eigenvalue weighted by Gasteiger charge is 2.23. The van der Waals surface area contributed by atoms with Crippen LogP contribution in [0.15, 0.2) is 186 Å². The van der Waals surface area contributed by atoms with Crippen molar-refractivity contribution in [2.24, 2.45) is 0 Å². The Bertz CT molecular complexity index is 3170. The zero-order valence-electron chi connectivity index (χ0n) is 29.9. The monoisotopic (exact) mass is 734 g/mol. The number of rotatable bonds is 6. The van der Waals surface area contributed by atoms with Gasteiger partial charge >= 0.3 is 0 Å². The average molecular weight is 735 g/mol. The Kier molecular flexibility index (Phi) is 7.60. The van der Waals surface area contributed by atoms with Crippen molar-refractivity contribution in [2.75, 3.05) is 0 Å². The lowest BCUT2D eigenvalue weighted by atomic mass is 9.97. The maximum absolute atomic E-state index is 6.66. The lowest BCUT2D eigenvalue weighted by Gasteiger charge is -2.11. The maximum atomic E-state index is 6.66. The SMILES string of the molecule is c1ccc(-c2ccc(-c3nc(-c4cccc5oc6cccc(-c7cc(-c8ccccc8)nc(-c8ccccc8)n7)c6c45)c4sc5ccccc5c4n3)cc2)cc1. The Labute approximate surface area is 326 Å². The van der Waals surface area contributed by atoms with E-state index in [-0.39, 0.29) is 0 Å². The lowest BCUT2D eigenvalue weighted by molar-refractivity contribution is 0.669. The molecule has 0 saturated heterocycles. The zero-order chi connectivity index (χ0) is 37.0. The summed E-state index contributed by atoms with van der Waals surface area (Å²) >= 11 is 1.73. The predicted octanol–water partition coefficient (Wildman–Crippen LogP) is 13.5.